The Kier molecular flexibility index (Phi) is 3.93. The summed E-state index contributed by atoms with van der Waals surface area (Å²) in [6.45, 7) is -0.603. The Labute approximate surface area is 91.2 Å². The first kappa shape index (κ1) is 12.6. The highest BCUT2D eigenvalue weighted by atomic mass is 32.2. The van der Waals surface area contributed by atoms with E-state index >= 15 is 0 Å². The Bertz CT molecular complexity index is 489. The molecule has 1 aromatic rings. The predicted octanol–water partition coefficient (Wildman–Crippen LogP) is -0.479. The first-order chi connectivity index (χ1) is 7.42. The fraction of sp³-hybridized carbons (Fsp3) is 0.125. The molecule has 0 saturated carbocycles. The van der Waals surface area contributed by atoms with Gasteiger partial charge in [-0.15, -0.1) is 0 Å². The number of nitrogens with two attached hydrogens (primary N) is 1. The van der Waals surface area contributed by atoms with E-state index in [0.717, 1.165) is 12.1 Å². The lowest BCUT2D eigenvalue weighted by molar-refractivity contribution is -0.123. The molecule has 1 aromatic carbocycles. The zero-order chi connectivity index (χ0) is 12.2. The van der Waals surface area contributed by atoms with Crippen LogP contribution in [0.3, 0.4) is 0 Å². The van der Waals surface area contributed by atoms with Crippen LogP contribution in [0.4, 0.5) is 4.39 Å². The van der Waals surface area contributed by atoms with E-state index in [1.807, 2.05) is 0 Å². The van der Waals surface area contributed by atoms with E-state index < -0.39 is 28.4 Å². The lowest BCUT2D eigenvalue weighted by Crippen LogP contribution is -2.29. The lowest BCUT2D eigenvalue weighted by atomic mass is 10.4. The van der Waals surface area contributed by atoms with Crippen LogP contribution in [-0.2, 0) is 19.7 Å². The minimum Gasteiger partial charge on any atom is -0.368 e. The molecule has 0 aromatic heterocycles. The summed E-state index contributed by atoms with van der Waals surface area (Å²) < 4.78 is 35.6. The third-order valence-corrected chi connectivity index (χ3v) is 2.70. The minimum atomic E-state index is -4.00. The maximum Gasteiger partial charge on any atom is 0.262 e. The number of benzene rings is 1. The maximum absolute atomic E-state index is 12.7. The molecule has 0 atom stereocenters. The minimum absolute atomic E-state index is 0.308. The molecule has 0 saturated heterocycles. The summed E-state index contributed by atoms with van der Waals surface area (Å²) >= 11 is 0. The Balaban J connectivity index is 2.74. The molecule has 0 unspecified atom stereocenters. The summed E-state index contributed by atoms with van der Waals surface area (Å²) in [5.74, 6) is -1.53. The normalized spacial score (nSPS) is 11.3. The molecule has 3 N–H and O–H groups in total. The van der Waals surface area contributed by atoms with E-state index in [-0.39, 0.29) is 4.90 Å². The van der Waals surface area contributed by atoms with Gasteiger partial charge in [0.1, 0.15) is 12.4 Å². The van der Waals surface area contributed by atoms with E-state index in [2.05, 4.69) is 4.84 Å². The van der Waals surface area contributed by atoms with Gasteiger partial charge in [0.05, 0.1) is 4.90 Å². The summed E-state index contributed by atoms with van der Waals surface area (Å²) in [5.41, 5.74) is 4.73. The molecule has 1 rings (SSSR count). The Hall–Kier alpha value is -1.51. The van der Waals surface area contributed by atoms with E-state index in [4.69, 9.17) is 5.73 Å². The van der Waals surface area contributed by atoms with Crippen LogP contribution in [0.5, 0.6) is 0 Å². The van der Waals surface area contributed by atoms with Gasteiger partial charge in [0.15, 0.2) is 0 Å². The number of hydrogen-bond donors (Lipinski definition) is 2. The third-order valence-electron chi connectivity index (χ3n) is 1.49. The number of halogens is 1. The van der Waals surface area contributed by atoms with Gasteiger partial charge in [0, 0.05) is 0 Å². The summed E-state index contributed by atoms with van der Waals surface area (Å²) in [6.07, 6.45) is 0. The Morgan fingerprint density at radius 2 is 2.19 bits per heavy atom. The van der Waals surface area contributed by atoms with Crippen LogP contribution in [-0.4, -0.2) is 20.9 Å². The number of sulfonamides is 1. The summed E-state index contributed by atoms with van der Waals surface area (Å²) in [7, 11) is -4.00. The second kappa shape index (κ2) is 5.01. The zero-order valence-corrected chi connectivity index (χ0v) is 8.83. The van der Waals surface area contributed by atoms with E-state index in [1.54, 1.807) is 4.89 Å². The van der Waals surface area contributed by atoms with Crippen molar-refractivity contribution in [3.63, 3.8) is 0 Å². The molecule has 0 fully saturated rings. The highest BCUT2D eigenvalue weighted by Crippen LogP contribution is 2.09. The lowest BCUT2D eigenvalue weighted by Gasteiger charge is -2.05. The molecular formula is C8H9FN2O4S. The molecule has 88 valence electrons. The van der Waals surface area contributed by atoms with Gasteiger partial charge < -0.3 is 5.73 Å². The Morgan fingerprint density at radius 1 is 1.50 bits per heavy atom. The largest absolute Gasteiger partial charge is 0.368 e. The van der Waals surface area contributed by atoms with E-state index in [0.29, 0.717) is 0 Å². The first-order valence-electron chi connectivity index (χ1n) is 4.09. The fourth-order valence-electron chi connectivity index (χ4n) is 0.860. The molecule has 16 heavy (non-hydrogen) atoms. The van der Waals surface area contributed by atoms with Crippen molar-refractivity contribution >= 4 is 15.9 Å². The number of carbonyl (C=O) groups is 1. The van der Waals surface area contributed by atoms with Gasteiger partial charge in [-0.2, -0.15) is 0 Å². The number of primary amides is 1. The number of amides is 1. The fourth-order valence-corrected chi connectivity index (χ4v) is 1.70. The van der Waals surface area contributed by atoms with Crippen molar-refractivity contribution in [1.82, 2.24) is 4.89 Å². The van der Waals surface area contributed by atoms with E-state index in [9.17, 15) is 17.6 Å². The van der Waals surface area contributed by atoms with Crippen LogP contribution in [0.1, 0.15) is 0 Å². The average Bonchev–Trinajstić information content (AvgIpc) is 2.16. The van der Waals surface area contributed by atoms with E-state index in [1.165, 1.54) is 12.1 Å². The zero-order valence-electron chi connectivity index (χ0n) is 8.01. The van der Waals surface area contributed by atoms with Crippen LogP contribution < -0.4 is 10.6 Å². The van der Waals surface area contributed by atoms with Crippen molar-refractivity contribution in [2.24, 2.45) is 5.73 Å². The SMILES string of the molecule is NC(=O)CONS(=O)(=O)c1cccc(F)c1. The summed E-state index contributed by atoms with van der Waals surface area (Å²) in [6, 6.07) is 4.33. The van der Waals surface area contributed by atoms with Gasteiger partial charge in [0.2, 0.25) is 5.91 Å². The van der Waals surface area contributed by atoms with Gasteiger partial charge in [0.25, 0.3) is 10.0 Å². The van der Waals surface area contributed by atoms with Crippen molar-refractivity contribution in [2.45, 2.75) is 4.90 Å². The van der Waals surface area contributed by atoms with Crippen LogP contribution in [0.25, 0.3) is 0 Å². The molecule has 0 aliphatic heterocycles. The molecule has 0 aliphatic carbocycles. The number of rotatable bonds is 5. The highest BCUT2D eigenvalue weighted by molar-refractivity contribution is 7.89. The summed E-state index contributed by atoms with van der Waals surface area (Å²) in [5, 5.41) is 0. The number of nitrogens with one attached hydrogen (secondary N) is 1. The van der Waals surface area contributed by atoms with Crippen LogP contribution in [0, 0.1) is 5.82 Å². The van der Waals surface area contributed by atoms with Crippen molar-refractivity contribution in [3.05, 3.63) is 30.1 Å². The van der Waals surface area contributed by atoms with Gasteiger partial charge in [-0.3, -0.25) is 9.63 Å². The average molecular weight is 248 g/mol. The number of carbonyl (C=O) groups excluding carboxylic acids is 1. The van der Waals surface area contributed by atoms with Gasteiger partial charge in [-0.1, -0.05) is 11.0 Å². The maximum atomic E-state index is 12.7. The second-order valence-corrected chi connectivity index (χ2v) is 4.44. The second-order valence-electron chi connectivity index (χ2n) is 2.80. The van der Waals surface area contributed by atoms with Crippen molar-refractivity contribution in [2.75, 3.05) is 6.61 Å². The standard InChI is InChI=1S/C8H9FN2O4S/c9-6-2-1-3-7(4-6)16(13,14)11-15-5-8(10)12/h1-4,11H,5H2,(H2,10,12). The van der Waals surface area contributed by atoms with Gasteiger partial charge in [-0.05, 0) is 18.2 Å². The van der Waals surface area contributed by atoms with Crippen LogP contribution in [0.2, 0.25) is 0 Å². The van der Waals surface area contributed by atoms with Crippen molar-refractivity contribution in [3.8, 4) is 0 Å². The molecule has 1 amide bonds. The number of hydrogen-bond acceptors (Lipinski definition) is 4. The summed E-state index contributed by atoms with van der Waals surface area (Å²) in [4.78, 5) is 15.9. The Morgan fingerprint density at radius 3 is 2.75 bits per heavy atom. The van der Waals surface area contributed by atoms with Gasteiger partial charge in [-0.25, -0.2) is 12.8 Å². The predicted molar refractivity (Wildman–Crippen MR) is 51.9 cm³/mol. The molecule has 8 heteroatoms. The molecule has 0 bridgehead atoms. The van der Waals surface area contributed by atoms with Crippen LogP contribution >= 0.6 is 0 Å². The highest BCUT2D eigenvalue weighted by Gasteiger charge is 2.14. The molecule has 0 spiro atoms. The van der Waals surface area contributed by atoms with Gasteiger partial charge >= 0.3 is 0 Å². The topological polar surface area (TPSA) is 98.5 Å². The molecular weight excluding hydrogens is 239 g/mol. The molecule has 6 nitrogen and oxygen atoms in total. The first-order valence-corrected chi connectivity index (χ1v) is 5.57. The molecule has 0 heterocycles. The molecule has 0 radical (unpaired) electrons. The monoisotopic (exact) mass is 248 g/mol. The van der Waals surface area contributed by atoms with Crippen LogP contribution in [0.15, 0.2) is 29.2 Å². The van der Waals surface area contributed by atoms with Crippen molar-refractivity contribution < 1.29 is 22.4 Å². The van der Waals surface area contributed by atoms with Crippen molar-refractivity contribution in [1.29, 1.82) is 0 Å². The molecule has 0 aliphatic rings. The third kappa shape index (κ3) is 3.57. The quantitative estimate of drug-likeness (QED) is 0.687. The smallest absolute Gasteiger partial charge is 0.262 e.